The van der Waals surface area contributed by atoms with Crippen LogP contribution in [-0.2, 0) is 27.4 Å². The molecule has 0 fully saturated rings. The number of aryl methyl sites for hydroxylation is 2. The minimum Gasteiger partial charge on any atom is -0.355 e. The van der Waals surface area contributed by atoms with Gasteiger partial charge in [-0.2, -0.15) is 13.2 Å². The first-order chi connectivity index (χ1) is 16.5. The SMILES string of the molecule is Cc1ccc(CCCNC(=O)CN(c2cc(C(F)(F)F)ccc2Cl)S(=O)(=O)c2ccccc2)cc1. The molecule has 186 valence electrons. The zero-order chi connectivity index (χ0) is 25.6. The summed E-state index contributed by atoms with van der Waals surface area (Å²) in [6.07, 6.45) is -3.42. The van der Waals surface area contributed by atoms with Gasteiger partial charge in [0.15, 0.2) is 0 Å². The second kappa shape index (κ2) is 11.1. The summed E-state index contributed by atoms with van der Waals surface area (Å²) in [5, 5.41) is 2.41. The van der Waals surface area contributed by atoms with Crippen LogP contribution in [0.1, 0.15) is 23.1 Å². The van der Waals surface area contributed by atoms with Crippen molar-refractivity contribution in [2.75, 3.05) is 17.4 Å². The van der Waals surface area contributed by atoms with E-state index in [0.717, 1.165) is 23.3 Å². The van der Waals surface area contributed by atoms with Gasteiger partial charge < -0.3 is 5.32 Å². The van der Waals surface area contributed by atoms with E-state index in [-0.39, 0.29) is 16.5 Å². The van der Waals surface area contributed by atoms with Crippen LogP contribution in [-0.4, -0.2) is 27.4 Å². The molecule has 0 saturated heterocycles. The molecular formula is C25H24ClF3N2O3S. The standard InChI is InChI=1S/C25H24ClF3N2O3S/c1-18-9-11-19(12-10-18)6-5-15-30-24(32)17-31(35(33,34)21-7-3-2-4-8-21)23-16-20(25(27,28)29)13-14-22(23)26/h2-4,7-14,16H,5-6,15,17H2,1H3,(H,30,32). The van der Waals surface area contributed by atoms with Crippen molar-refractivity contribution in [1.29, 1.82) is 0 Å². The molecule has 0 aliphatic carbocycles. The van der Waals surface area contributed by atoms with Crippen LogP contribution >= 0.6 is 11.6 Å². The van der Waals surface area contributed by atoms with Gasteiger partial charge in [0, 0.05) is 6.54 Å². The highest BCUT2D eigenvalue weighted by atomic mass is 35.5. The number of carbonyl (C=O) groups is 1. The Kier molecular flexibility index (Phi) is 8.45. The summed E-state index contributed by atoms with van der Waals surface area (Å²) in [6.45, 7) is 1.51. The number of nitrogens with zero attached hydrogens (tertiary/aromatic N) is 1. The van der Waals surface area contributed by atoms with Gasteiger partial charge in [-0.25, -0.2) is 8.42 Å². The average Bonchev–Trinajstić information content (AvgIpc) is 2.82. The van der Waals surface area contributed by atoms with Crippen molar-refractivity contribution in [3.8, 4) is 0 Å². The number of nitrogens with one attached hydrogen (secondary N) is 1. The van der Waals surface area contributed by atoms with Crippen LogP contribution in [0.25, 0.3) is 0 Å². The fraction of sp³-hybridized carbons (Fsp3) is 0.240. The Morgan fingerprint density at radius 3 is 2.29 bits per heavy atom. The fourth-order valence-electron chi connectivity index (χ4n) is 3.36. The Morgan fingerprint density at radius 1 is 1.00 bits per heavy atom. The molecule has 3 aromatic carbocycles. The number of hydrogen-bond donors (Lipinski definition) is 1. The smallest absolute Gasteiger partial charge is 0.355 e. The molecule has 0 aromatic heterocycles. The lowest BCUT2D eigenvalue weighted by Gasteiger charge is -2.26. The van der Waals surface area contributed by atoms with E-state index in [1.165, 1.54) is 24.3 Å². The summed E-state index contributed by atoms with van der Waals surface area (Å²) in [5.74, 6) is -0.665. The second-order valence-corrected chi connectivity index (χ2v) is 10.2. The minimum absolute atomic E-state index is 0.180. The Morgan fingerprint density at radius 2 is 1.66 bits per heavy atom. The van der Waals surface area contributed by atoms with E-state index in [0.29, 0.717) is 23.2 Å². The fourth-order valence-corrected chi connectivity index (χ4v) is 5.08. The Hall–Kier alpha value is -3.04. The Balaban J connectivity index is 1.81. The molecule has 0 aliphatic rings. The zero-order valence-electron chi connectivity index (χ0n) is 18.8. The molecule has 5 nitrogen and oxygen atoms in total. The van der Waals surface area contributed by atoms with Crippen molar-refractivity contribution in [2.45, 2.75) is 30.8 Å². The first kappa shape index (κ1) is 26.6. The molecule has 10 heteroatoms. The van der Waals surface area contributed by atoms with Gasteiger partial charge >= 0.3 is 6.18 Å². The highest BCUT2D eigenvalue weighted by molar-refractivity contribution is 7.92. The van der Waals surface area contributed by atoms with Crippen molar-refractivity contribution < 1.29 is 26.4 Å². The van der Waals surface area contributed by atoms with Crippen LogP contribution in [0.2, 0.25) is 5.02 Å². The number of rotatable bonds is 9. The minimum atomic E-state index is -4.72. The summed E-state index contributed by atoms with van der Waals surface area (Å²) in [6, 6.07) is 17.4. The number of amides is 1. The number of benzene rings is 3. The Labute approximate surface area is 207 Å². The summed E-state index contributed by atoms with van der Waals surface area (Å²) >= 11 is 6.12. The largest absolute Gasteiger partial charge is 0.416 e. The number of sulfonamides is 1. The van der Waals surface area contributed by atoms with Gasteiger partial charge in [0.1, 0.15) is 6.54 Å². The molecule has 1 amide bonds. The monoisotopic (exact) mass is 524 g/mol. The van der Waals surface area contributed by atoms with Gasteiger partial charge in [-0.3, -0.25) is 9.10 Å². The maximum Gasteiger partial charge on any atom is 0.416 e. The van der Waals surface area contributed by atoms with Crippen molar-refractivity contribution in [3.05, 3.63) is 94.5 Å². The van der Waals surface area contributed by atoms with Gasteiger partial charge in [-0.1, -0.05) is 59.6 Å². The van der Waals surface area contributed by atoms with E-state index in [2.05, 4.69) is 5.32 Å². The van der Waals surface area contributed by atoms with E-state index in [9.17, 15) is 26.4 Å². The van der Waals surface area contributed by atoms with E-state index >= 15 is 0 Å². The molecule has 35 heavy (non-hydrogen) atoms. The van der Waals surface area contributed by atoms with Gasteiger partial charge in [-0.05, 0) is 55.7 Å². The van der Waals surface area contributed by atoms with E-state index < -0.39 is 39.9 Å². The van der Waals surface area contributed by atoms with Crippen molar-refractivity contribution in [3.63, 3.8) is 0 Å². The molecule has 0 aliphatic heterocycles. The normalized spacial score (nSPS) is 11.8. The highest BCUT2D eigenvalue weighted by Gasteiger charge is 2.34. The third-order valence-electron chi connectivity index (χ3n) is 5.25. The van der Waals surface area contributed by atoms with Crippen molar-refractivity contribution in [2.24, 2.45) is 0 Å². The predicted octanol–water partition coefficient (Wildman–Crippen LogP) is 5.61. The second-order valence-electron chi connectivity index (χ2n) is 7.93. The molecule has 0 atom stereocenters. The lowest BCUT2D eigenvalue weighted by atomic mass is 10.1. The molecule has 3 aromatic rings. The molecule has 0 spiro atoms. The van der Waals surface area contributed by atoms with Gasteiger partial charge in [0.25, 0.3) is 10.0 Å². The van der Waals surface area contributed by atoms with Crippen molar-refractivity contribution >= 4 is 33.2 Å². The third-order valence-corrected chi connectivity index (χ3v) is 7.34. The summed E-state index contributed by atoms with van der Waals surface area (Å²) < 4.78 is 67.2. The van der Waals surface area contributed by atoms with Crippen molar-refractivity contribution in [1.82, 2.24) is 5.32 Å². The molecule has 0 radical (unpaired) electrons. The van der Waals surface area contributed by atoms with Crippen LogP contribution in [0.4, 0.5) is 18.9 Å². The van der Waals surface area contributed by atoms with Crippen LogP contribution in [0.5, 0.6) is 0 Å². The average molecular weight is 525 g/mol. The quantitative estimate of drug-likeness (QED) is 0.370. The van der Waals surface area contributed by atoms with Gasteiger partial charge in [0.05, 0.1) is 21.2 Å². The Bertz CT molecular complexity index is 1270. The highest BCUT2D eigenvalue weighted by Crippen LogP contribution is 2.37. The molecule has 1 N–H and O–H groups in total. The molecular weight excluding hydrogens is 501 g/mol. The number of halogens is 4. The number of alkyl halides is 3. The lowest BCUT2D eigenvalue weighted by Crippen LogP contribution is -2.41. The van der Waals surface area contributed by atoms with E-state index in [1.807, 2.05) is 31.2 Å². The zero-order valence-corrected chi connectivity index (χ0v) is 20.4. The van der Waals surface area contributed by atoms with Gasteiger partial charge in [-0.15, -0.1) is 0 Å². The van der Waals surface area contributed by atoms with Crippen LogP contribution in [0.3, 0.4) is 0 Å². The maximum absolute atomic E-state index is 13.3. The summed E-state index contributed by atoms with van der Waals surface area (Å²) in [5.41, 5.74) is 0.715. The van der Waals surface area contributed by atoms with E-state index in [4.69, 9.17) is 11.6 Å². The van der Waals surface area contributed by atoms with Crippen LogP contribution < -0.4 is 9.62 Å². The first-order valence-electron chi connectivity index (χ1n) is 10.8. The van der Waals surface area contributed by atoms with Gasteiger partial charge in [0.2, 0.25) is 5.91 Å². The maximum atomic E-state index is 13.3. The first-order valence-corrected chi connectivity index (χ1v) is 12.6. The summed E-state index contributed by atoms with van der Waals surface area (Å²) in [7, 11) is -4.39. The molecule has 0 bridgehead atoms. The number of carbonyl (C=O) groups excluding carboxylic acids is 1. The topological polar surface area (TPSA) is 66.5 Å². The number of anilines is 1. The third kappa shape index (κ3) is 6.99. The number of hydrogen-bond acceptors (Lipinski definition) is 3. The molecule has 0 heterocycles. The lowest BCUT2D eigenvalue weighted by molar-refractivity contribution is -0.137. The van der Waals surface area contributed by atoms with Crippen LogP contribution in [0.15, 0.2) is 77.7 Å². The summed E-state index contributed by atoms with van der Waals surface area (Å²) in [4.78, 5) is 12.5. The molecule has 3 rings (SSSR count). The van der Waals surface area contributed by atoms with E-state index in [1.54, 1.807) is 6.07 Å². The van der Waals surface area contributed by atoms with Crippen LogP contribution in [0, 0.1) is 6.92 Å². The molecule has 0 saturated carbocycles. The predicted molar refractivity (Wildman–Crippen MR) is 130 cm³/mol. The molecule has 0 unspecified atom stereocenters.